The van der Waals surface area contributed by atoms with Crippen molar-refractivity contribution in [2.45, 2.75) is 25.7 Å². The van der Waals surface area contributed by atoms with E-state index in [-0.39, 0.29) is 5.75 Å². The van der Waals surface area contributed by atoms with Crippen molar-refractivity contribution < 1.29 is 5.11 Å². The van der Waals surface area contributed by atoms with E-state index in [1.807, 2.05) is 24.3 Å². The van der Waals surface area contributed by atoms with Crippen LogP contribution in [-0.2, 0) is 0 Å². The third kappa shape index (κ3) is 2.72. The highest BCUT2D eigenvalue weighted by atomic mass is 16.3. The van der Waals surface area contributed by atoms with Gasteiger partial charge in [-0.05, 0) is 49.2 Å². The van der Waals surface area contributed by atoms with Gasteiger partial charge in [0.05, 0.1) is 5.69 Å². The summed E-state index contributed by atoms with van der Waals surface area (Å²) in [6.45, 7) is 2.11. The van der Waals surface area contributed by atoms with Gasteiger partial charge in [-0.2, -0.15) is 4.68 Å². The highest BCUT2D eigenvalue weighted by molar-refractivity contribution is 5.74. The molecule has 0 bridgehead atoms. The van der Waals surface area contributed by atoms with Crippen LogP contribution in [0, 0.1) is 0 Å². The monoisotopic (exact) mass is 309 g/mol. The number of hydrogen-bond donors (Lipinski definition) is 1. The molecule has 0 aliphatic carbocycles. The van der Waals surface area contributed by atoms with Crippen molar-refractivity contribution in [2.24, 2.45) is 0 Å². The first-order valence-corrected chi connectivity index (χ1v) is 8.08. The molecule has 0 saturated carbocycles. The Morgan fingerprint density at radius 3 is 2.35 bits per heavy atom. The quantitative estimate of drug-likeness (QED) is 0.788. The SMILES string of the molecule is Oc1ccc(-n2nnc3ccc(N4CCCCCC4)nc32)cc1. The minimum absolute atomic E-state index is 0.233. The Kier molecular flexibility index (Phi) is 3.57. The fraction of sp³-hybridized carbons (Fsp3) is 0.353. The standard InChI is InChI=1S/C17H19N5O/c23-14-7-5-13(6-8-14)22-17-15(19-20-22)9-10-16(18-17)21-11-3-1-2-4-12-21/h5-10,23H,1-4,11-12H2. The van der Waals surface area contributed by atoms with Gasteiger partial charge in [-0.3, -0.25) is 0 Å². The number of benzene rings is 1. The molecule has 6 heteroatoms. The predicted molar refractivity (Wildman–Crippen MR) is 89.0 cm³/mol. The first-order valence-electron chi connectivity index (χ1n) is 8.08. The summed E-state index contributed by atoms with van der Waals surface area (Å²) < 4.78 is 1.72. The largest absolute Gasteiger partial charge is 0.508 e. The first-order chi connectivity index (χ1) is 11.3. The zero-order chi connectivity index (χ0) is 15.6. The van der Waals surface area contributed by atoms with Gasteiger partial charge in [-0.25, -0.2) is 4.98 Å². The van der Waals surface area contributed by atoms with Crippen LogP contribution in [0.25, 0.3) is 16.9 Å². The number of rotatable bonds is 2. The van der Waals surface area contributed by atoms with Gasteiger partial charge < -0.3 is 10.0 Å². The van der Waals surface area contributed by atoms with E-state index >= 15 is 0 Å². The van der Waals surface area contributed by atoms with Gasteiger partial charge in [0.25, 0.3) is 0 Å². The van der Waals surface area contributed by atoms with Crippen LogP contribution in [0.5, 0.6) is 5.75 Å². The summed E-state index contributed by atoms with van der Waals surface area (Å²) in [5.41, 5.74) is 2.36. The first kappa shape index (κ1) is 14.0. The maximum Gasteiger partial charge on any atom is 0.185 e. The second-order valence-corrected chi connectivity index (χ2v) is 5.93. The van der Waals surface area contributed by atoms with Crippen LogP contribution in [0.3, 0.4) is 0 Å². The van der Waals surface area contributed by atoms with Crippen LogP contribution in [0.2, 0.25) is 0 Å². The lowest BCUT2D eigenvalue weighted by Gasteiger charge is -2.21. The molecule has 4 rings (SSSR count). The third-order valence-electron chi connectivity index (χ3n) is 4.31. The van der Waals surface area contributed by atoms with Crippen molar-refractivity contribution in [1.29, 1.82) is 0 Å². The van der Waals surface area contributed by atoms with Gasteiger partial charge in [0.15, 0.2) is 5.65 Å². The average molecular weight is 309 g/mol. The fourth-order valence-electron chi connectivity index (χ4n) is 3.04. The van der Waals surface area contributed by atoms with Crippen LogP contribution in [0.4, 0.5) is 5.82 Å². The minimum atomic E-state index is 0.233. The molecule has 0 radical (unpaired) electrons. The highest BCUT2D eigenvalue weighted by Crippen LogP contribution is 2.22. The molecule has 6 nitrogen and oxygen atoms in total. The lowest BCUT2D eigenvalue weighted by atomic mass is 10.2. The normalized spacial score (nSPS) is 15.7. The number of phenolic OH excluding ortho intramolecular Hbond substituents is 1. The molecule has 0 unspecified atom stereocenters. The van der Waals surface area contributed by atoms with E-state index in [0.29, 0.717) is 0 Å². The minimum Gasteiger partial charge on any atom is -0.508 e. The van der Waals surface area contributed by atoms with Crippen molar-refractivity contribution in [3.05, 3.63) is 36.4 Å². The van der Waals surface area contributed by atoms with Crippen molar-refractivity contribution in [3.8, 4) is 11.4 Å². The number of anilines is 1. The molecular formula is C17H19N5O. The molecule has 1 aliphatic heterocycles. The summed E-state index contributed by atoms with van der Waals surface area (Å²) in [6, 6.07) is 10.9. The summed E-state index contributed by atoms with van der Waals surface area (Å²) in [5.74, 6) is 1.22. The second-order valence-electron chi connectivity index (χ2n) is 5.93. The molecule has 1 N–H and O–H groups in total. The molecule has 0 amide bonds. The Morgan fingerprint density at radius 2 is 1.61 bits per heavy atom. The van der Waals surface area contributed by atoms with Crippen molar-refractivity contribution >= 4 is 17.0 Å². The zero-order valence-corrected chi connectivity index (χ0v) is 12.9. The molecule has 3 aromatic rings. The molecule has 3 heterocycles. The molecule has 0 spiro atoms. The molecule has 1 saturated heterocycles. The molecule has 1 aliphatic rings. The number of phenols is 1. The van der Waals surface area contributed by atoms with Crippen LogP contribution in [-0.4, -0.2) is 38.2 Å². The van der Waals surface area contributed by atoms with Gasteiger partial charge in [0.2, 0.25) is 0 Å². The fourth-order valence-corrected chi connectivity index (χ4v) is 3.04. The summed E-state index contributed by atoms with van der Waals surface area (Å²) in [6.07, 6.45) is 5.03. The van der Waals surface area contributed by atoms with Crippen LogP contribution >= 0.6 is 0 Å². The molecule has 1 aromatic carbocycles. The number of nitrogens with zero attached hydrogens (tertiary/aromatic N) is 5. The Hall–Kier alpha value is -2.63. The lowest BCUT2D eigenvalue weighted by Crippen LogP contribution is -2.24. The van der Waals surface area contributed by atoms with Crippen LogP contribution in [0.15, 0.2) is 36.4 Å². The van der Waals surface area contributed by atoms with Crippen molar-refractivity contribution in [3.63, 3.8) is 0 Å². The van der Waals surface area contributed by atoms with Crippen molar-refractivity contribution in [1.82, 2.24) is 20.0 Å². The molecular weight excluding hydrogens is 290 g/mol. The Labute approximate surface area is 134 Å². The maximum atomic E-state index is 9.44. The third-order valence-corrected chi connectivity index (χ3v) is 4.31. The number of pyridine rings is 1. The Balaban J connectivity index is 1.75. The predicted octanol–water partition coefficient (Wildman–Crippen LogP) is 2.90. The van der Waals surface area contributed by atoms with Gasteiger partial charge in [-0.1, -0.05) is 18.1 Å². The van der Waals surface area contributed by atoms with E-state index in [0.717, 1.165) is 35.8 Å². The topological polar surface area (TPSA) is 67.1 Å². The van der Waals surface area contributed by atoms with Crippen LogP contribution in [0.1, 0.15) is 25.7 Å². The molecule has 2 aromatic heterocycles. The number of hydrogen-bond acceptors (Lipinski definition) is 5. The molecule has 1 fully saturated rings. The van der Waals surface area contributed by atoms with Gasteiger partial charge >= 0.3 is 0 Å². The van der Waals surface area contributed by atoms with Gasteiger partial charge in [0.1, 0.15) is 17.1 Å². The summed E-state index contributed by atoms with van der Waals surface area (Å²) in [5, 5.41) is 17.8. The van der Waals surface area contributed by atoms with E-state index < -0.39 is 0 Å². The molecule has 118 valence electrons. The maximum absolute atomic E-state index is 9.44. The van der Waals surface area contributed by atoms with E-state index in [9.17, 15) is 5.11 Å². The Morgan fingerprint density at radius 1 is 0.870 bits per heavy atom. The zero-order valence-electron chi connectivity index (χ0n) is 12.9. The number of fused-ring (bicyclic) bond motifs is 1. The van der Waals surface area contributed by atoms with E-state index in [1.165, 1.54) is 25.7 Å². The van der Waals surface area contributed by atoms with E-state index in [2.05, 4.69) is 15.2 Å². The van der Waals surface area contributed by atoms with Crippen LogP contribution < -0.4 is 4.90 Å². The second kappa shape index (κ2) is 5.87. The smallest absolute Gasteiger partial charge is 0.185 e. The lowest BCUT2D eigenvalue weighted by molar-refractivity contribution is 0.475. The summed E-state index contributed by atoms with van der Waals surface area (Å²) in [4.78, 5) is 7.15. The van der Waals surface area contributed by atoms with E-state index in [1.54, 1.807) is 16.8 Å². The highest BCUT2D eigenvalue weighted by Gasteiger charge is 2.14. The number of aromatic nitrogens is 4. The summed E-state index contributed by atoms with van der Waals surface area (Å²) >= 11 is 0. The van der Waals surface area contributed by atoms with Crippen molar-refractivity contribution in [2.75, 3.05) is 18.0 Å². The van der Waals surface area contributed by atoms with Gasteiger partial charge in [0, 0.05) is 13.1 Å². The molecule has 23 heavy (non-hydrogen) atoms. The van der Waals surface area contributed by atoms with Gasteiger partial charge in [-0.15, -0.1) is 5.10 Å². The summed E-state index contributed by atoms with van der Waals surface area (Å²) in [7, 11) is 0. The number of aromatic hydroxyl groups is 1. The van der Waals surface area contributed by atoms with E-state index in [4.69, 9.17) is 4.98 Å². The average Bonchev–Trinajstić information content (AvgIpc) is 2.80. The Bertz CT molecular complexity index is 803. The molecule has 0 atom stereocenters.